The second-order valence-electron chi connectivity index (χ2n) is 5.05. The van der Waals surface area contributed by atoms with E-state index in [1.165, 1.54) is 19.2 Å². The third-order valence-corrected chi connectivity index (χ3v) is 3.56. The van der Waals surface area contributed by atoms with E-state index in [9.17, 15) is 9.90 Å². The van der Waals surface area contributed by atoms with Crippen LogP contribution in [0.5, 0.6) is 11.5 Å². The quantitative estimate of drug-likeness (QED) is 0.454. The highest BCUT2D eigenvalue weighted by atomic mass is 35.5. The number of aromatic hydroxyl groups is 1. The Bertz CT molecular complexity index is 720. The zero-order chi connectivity index (χ0) is 17.0. The number of rotatable bonds is 4. The summed E-state index contributed by atoms with van der Waals surface area (Å²) in [5.41, 5.74) is 2.38. The van der Waals surface area contributed by atoms with Crippen molar-refractivity contribution in [2.24, 2.45) is 5.84 Å². The summed E-state index contributed by atoms with van der Waals surface area (Å²) in [5.74, 6) is 5.93. The summed E-state index contributed by atoms with van der Waals surface area (Å²) in [5, 5.41) is 13.4. The summed E-state index contributed by atoms with van der Waals surface area (Å²) in [7, 11) is 1.46. The zero-order valence-corrected chi connectivity index (χ0v) is 13.6. The van der Waals surface area contributed by atoms with Crippen LogP contribution in [0, 0.1) is 6.92 Å². The van der Waals surface area contributed by atoms with Gasteiger partial charge in [0.1, 0.15) is 18.1 Å². The molecule has 23 heavy (non-hydrogen) atoms. The summed E-state index contributed by atoms with van der Waals surface area (Å²) < 4.78 is 5.70. The van der Waals surface area contributed by atoms with Crippen molar-refractivity contribution < 1.29 is 14.6 Å². The molecule has 122 valence electrons. The summed E-state index contributed by atoms with van der Waals surface area (Å²) >= 11 is 6.02. The molecular weight excluding hydrogens is 318 g/mol. The molecule has 7 heteroatoms. The number of halogens is 1. The average Bonchev–Trinajstić information content (AvgIpc) is 2.48. The molecule has 0 saturated heterocycles. The third-order valence-electron chi connectivity index (χ3n) is 3.26. The number of benzene rings is 2. The molecule has 0 unspecified atom stereocenters. The fourth-order valence-electron chi connectivity index (χ4n) is 1.97. The highest BCUT2D eigenvalue weighted by Gasteiger charge is 2.12. The molecule has 0 aliphatic rings. The van der Waals surface area contributed by atoms with E-state index in [0.717, 1.165) is 16.1 Å². The molecule has 0 aromatic heterocycles. The monoisotopic (exact) mass is 335 g/mol. The Hall–Kier alpha value is -2.44. The number of hydrogen-bond donors (Lipinski definition) is 3. The Labute approximate surface area is 139 Å². The lowest BCUT2D eigenvalue weighted by atomic mass is 10.1. The van der Waals surface area contributed by atoms with Crippen molar-refractivity contribution >= 4 is 23.3 Å². The molecule has 0 fully saturated rings. The van der Waals surface area contributed by atoms with Crippen LogP contribution in [0.2, 0.25) is 5.02 Å². The largest absolute Gasteiger partial charge is 0.508 e. The fourth-order valence-corrected chi connectivity index (χ4v) is 2.20. The van der Waals surface area contributed by atoms with Crippen LogP contribution in [0.1, 0.15) is 11.1 Å². The molecule has 0 spiro atoms. The Morgan fingerprint density at radius 3 is 2.78 bits per heavy atom. The number of nitrogens with two attached hydrogens (primary N) is 1. The molecule has 6 nitrogen and oxygen atoms in total. The number of urea groups is 1. The normalized spacial score (nSPS) is 10.3. The maximum absolute atomic E-state index is 11.7. The van der Waals surface area contributed by atoms with Gasteiger partial charge in [-0.05, 0) is 30.7 Å². The van der Waals surface area contributed by atoms with Crippen LogP contribution in [0.25, 0.3) is 0 Å². The van der Waals surface area contributed by atoms with Crippen molar-refractivity contribution in [1.82, 2.24) is 5.01 Å². The van der Waals surface area contributed by atoms with Crippen molar-refractivity contribution in [1.29, 1.82) is 0 Å². The van der Waals surface area contributed by atoms with Crippen LogP contribution in [0.15, 0.2) is 36.4 Å². The number of ether oxygens (including phenoxy) is 1. The average molecular weight is 336 g/mol. The van der Waals surface area contributed by atoms with Crippen LogP contribution >= 0.6 is 11.6 Å². The van der Waals surface area contributed by atoms with E-state index >= 15 is 0 Å². The van der Waals surface area contributed by atoms with Crippen LogP contribution in [0.3, 0.4) is 0 Å². The first-order valence-corrected chi connectivity index (χ1v) is 7.25. The molecule has 0 aliphatic heterocycles. The molecule has 0 radical (unpaired) electrons. The van der Waals surface area contributed by atoms with Gasteiger partial charge in [-0.1, -0.05) is 23.7 Å². The Morgan fingerprint density at radius 2 is 2.13 bits per heavy atom. The molecule has 2 rings (SSSR count). The van der Waals surface area contributed by atoms with E-state index in [-0.39, 0.29) is 12.4 Å². The SMILES string of the molecule is Cc1cccc(NC(=O)N(C)N)c1COc1ccc(O)cc1Cl. The van der Waals surface area contributed by atoms with Crippen molar-refractivity contribution in [3.63, 3.8) is 0 Å². The molecule has 0 atom stereocenters. The molecule has 0 bridgehead atoms. The predicted octanol–water partition coefficient (Wildman–Crippen LogP) is 3.27. The number of aryl methyl sites for hydroxylation is 1. The van der Waals surface area contributed by atoms with E-state index in [4.69, 9.17) is 22.2 Å². The third kappa shape index (κ3) is 4.28. The fraction of sp³-hybridized carbons (Fsp3) is 0.188. The van der Waals surface area contributed by atoms with Crippen molar-refractivity contribution in [3.8, 4) is 11.5 Å². The second kappa shape index (κ2) is 7.21. The summed E-state index contributed by atoms with van der Waals surface area (Å²) in [6, 6.07) is 9.57. The van der Waals surface area contributed by atoms with E-state index < -0.39 is 6.03 Å². The number of nitrogens with one attached hydrogen (secondary N) is 1. The van der Waals surface area contributed by atoms with Gasteiger partial charge in [0, 0.05) is 24.4 Å². The zero-order valence-electron chi connectivity index (χ0n) is 12.8. The predicted molar refractivity (Wildman–Crippen MR) is 89.6 cm³/mol. The van der Waals surface area contributed by atoms with Gasteiger partial charge in [-0.3, -0.25) is 5.01 Å². The molecular formula is C16H18ClN3O3. The Kier molecular flexibility index (Phi) is 5.31. The van der Waals surface area contributed by atoms with E-state index in [0.29, 0.717) is 16.5 Å². The number of amides is 2. The lowest BCUT2D eigenvalue weighted by molar-refractivity contribution is 0.223. The number of hydrogen-bond acceptors (Lipinski definition) is 4. The molecule has 0 aliphatic carbocycles. The first kappa shape index (κ1) is 16.9. The molecule has 0 heterocycles. The highest BCUT2D eigenvalue weighted by Crippen LogP contribution is 2.30. The molecule has 4 N–H and O–H groups in total. The minimum absolute atomic E-state index is 0.0668. The van der Waals surface area contributed by atoms with E-state index in [2.05, 4.69) is 5.32 Å². The Balaban J connectivity index is 2.20. The second-order valence-corrected chi connectivity index (χ2v) is 5.45. The number of phenols is 1. The van der Waals surface area contributed by atoms with Crippen molar-refractivity contribution in [2.75, 3.05) is 12.4 Å². The number of carbonyl (C=O) groups excluding carboxylic acids is 1. The van der Waals surface area contributed by atoms with Crippen molar-refractivity contribution in [3.05, 3.63) is 52.5 Å². The summed E-state index contributed by atoms with van der Waals surface area (Å²) in [6.07, 6.45) is 0. The minimum Gasteiger partial charge on any atom is -0.508 e. The number of nitrogens with zero attached hydrogens (tertiary/aromatic N) is 1. The van der Waals surface area contributed by atoms with Gasteiger partial charge in [0.15, 0.2) is 0 Å². The van der Waals surface area contributed by atoms with E-state index in [1.54, 1.807) is 12.1 Å². The number of anilines is 1. The molecule has 0 saturated carbocycles. The first-order chi connectivity index (χ1) is 10.9. The van der Waals surface area contributed by atoms with Crippen LogP contribution in [0.4, 0.5) is 10.5 Å². The molecule has 2 aromatic rings. The van der Waals surface area contributed by atoms with Crippen LogP contribution in [-0.4, -0.2) is 23.2 Å². The number of phenolic OH excluding ortho intramolecular Hbond substituents is 1. The van der Waals surface area contributed by atoms with Gasteiger partial charge < -0.3 is 15.2 Å². The molecule has 2 aromatic carbocycles. The minimum atomic E-state index is -0.431. The first-order valence-electron chi connectivity index (χ1n) is 6.87. The van der Waals surface area contributed by atoms with Crippen LogP contribution in [-0.2, 0) is 6.61 Å². The number of hydrazine groups is 1. The maximum atomic E-state index is 11.7. The smallest absolute Gasteiger partial charge is 0.335 e. The summed E-state index contributed by atoms with van der Waals surface area (Å²) in [6.45, 7) is 2.13. The highest BCUT2D eigenvalue weighted by molar-refractivity contribution is 6.32. The van der Waals surface area contributed by atoms with Gasteiger partial charge in [0.2, 0.25) is 0 Å². The summed E-state index contributed by atoms with van der Waals surface area (Å²) in [4.78, 5) is 11.7. The maximum Gasteiger partial charge on any atom is 0.335 e. The van der Waals surface area contributed by atoms with Gasteiger partial charge in [-0.25, -0.2) is 10.6 Å². The van der Waals surface area contributed by atoms with Crippen molar-refractivity contribution in [2.45, 2.75) is 13.5 Å². The van der Waals surface area contributed by atoms with Gasteiger partial charge >= 0.3 is 6.03 Å². The van der Waals surface area contributed by atoms with Gasteiger partial charge in [-0.2, -0.15) is 0 Å². The van der Waals surface area contributed by atoms with Crippen LogP contribution < -0.4 is 15.9 Å². The standard InChI is InChI=1S/C16H18ClN3O3/c1-10-4-3-5-14(19-16(22)20(2)18)12(10)9-23-15-7-6-11(21)8-13(15)17/h3-8,21H,9,18H2,1-2H3,(H,19,22). The Morgan fingerprint density at radius 1 is 1.39 bits per heavy atom. The topological polar surface area (TPSA) is 87.8 Å². The molecule has 2 amide bonds. The van der Waals surface area contributed by atoms with Gasteiger partial charge in [0.25, 0.3) is 0 Å². The number of carbonyl (C=O) groups is 1. The lowest BCUT2D eigenvalue weighted by Crippen LogP contribution is -2.37. The lowest BCUT2D eigenvalue weighted by Gasteiger charge is -2.17. The van der Waals surface area contributed by atoms with E-state index in [1.807, 2.05) is 19.1 Å². The van der Waals surface area contributed by atoms with Gasteiger partial charge in [0.05, 0.1) is 5.02 Å². The van der Waals surface area contributed by atoms with Gasteiger partial charge in [-0.15, -0.1) is 0 Å².